The molecule has 1 aromatic rings. The Morgan fingerprint density at radius 2 is 1.40 bits per heavy atom. The fourth-order valence-electron chi connectivity index (χ4n) is 0.838. The van der Waals surface area contributed by atoms with E-state index in [0.717, 1.165) is 0 Å². The van der Waals surface area contributed by atoms with Gasteiger partial charge in [0.05, 0.1) is 0 Å². The average Bonchev–Trinajstić information content (AvgIpc) is 2.03. The van der Waals surface area contributed by atoms with Crippen molar-refractivity contribution in [1.29, 1.82) is 0 Å². The molecule has 0 saturated heterocycles. The van der Waals surface area contributed by atoms with Crippen LogP contribution in [0.1, 0.15) is 25.3 Å². The summed E-state index contributed by atoms with van der Waals surface area (Å²) in [6.45, 7) is 4.41. The maximum atomic E-state index is 8.74. The van der Waals surface area contributed by atoms with Crippen LogP contribution in [0.4, 0.5) is 0 Å². The molecule has 0 amide bonds. The number of benzene rings is 1. The summed E-state index contributed by atoms with van der Waals surface area (Å²) >= 11 is 0. The second kappa shape index (κ2) is 8.27. The van der Waals surface area contributed by atoms with Crippen molar-refractivity contribution < 1.29 is 17.5 Å². The molecule has 1 aromatic carbocycles. The molecule has 0 bridgehead atoms. The van der Waals surface area contributed by atoms with Crippen LogP contribution in [-0.2, 0) is 10.4 Å². The Labute approximate surface area is 113 Å². The van der Waals surface area contributed by atoms with Crippen LogP contribution in [0.3, 0.4) is 0 Å². The fraction of sp³-hybridized carbons (Fsp3) is 0.333. The number of hydrogen-bond donors (Lipinski definition) is 2. The topological polar surface area (TPSA) is 74.6 Å². The van der Waals surface area contributed by atoms with Crippen LogP contribution in [0.15, 0.2) is 30.3 Å². The Bertz CT molecular complexity index is 340. The van der Waals surface area contributed by atoms with Crippen molar-refractivity contribution in [3.63, 3.8) is 0 Å². The number of hydrogen-bond acceptors (Lipinski definition) is 2. The zero-order chi connectivity index (χ0) is 11.2. The minimum absolute atomic E-state index is 0. The molecule has 2 N–H and O–H groups in total. The molecule has 0 saturated carbocycles. The van der Waals surface area contributed by atoms with Gasteiger partial charge in [0.1, 0.15) is 0 Å². The summed E-state index contributed by atoms with van der Waals surface area (Å²) in [6.07, 6.45) is 0. The summed E-state index contributed by atoms with van der Waals surface area (Å²) in [5.41, 5.74) is 1.41. The van der Waals surface area contributed by atoms with Crippen molar-refractivity contribution in [2.45, 2.75) is 19.8 Å². The quantitative estimate of drug-likeness (QED) is 0.578. The van der Waals surface area contributed by atoms with Crippen LogP contribution >= 0.6 is 0 Å². The third-order valence-corrected chi connectivity index (χ3v) is 1.47. The third-order valence-electron chi connectivity index (χ3n) is 1.47. The molecule has 0 radical (unpaired) electrons. The van der Waals surface area contributed by atoms with E-state index in [9.17, 15) is 0 Å². The molecule has 1 rings (SSSR count). The first-order chi connectivity index (χ1) is 6.30. The van der Waals surface area contributed by atoms with Crippen LogP contribution < -0.4 is 0 Å². The van der Waals surface area contributed by atoms with Crippen molar-refractivity contribution in [1.82, 2.24) is 0 Å². The van der Waals surface area contributed by atoms with E-state index in [2.05, 4.69) is 38.1 Å². The summed E-state index contributed by atoms with van der Waals surface area (Å²) in [7, 11) is -4.67. The van der Waals surface area contributed by atoms with E-state index in [1.165, 1.54) is 5.56 Å². The van der Waals surface area contributed by atoms with Crippen LogP contribution in [0, 0.1) is 0 Å². The van der Waals surface area contributed by atoms with Crippen molar-refractivity contribution in [3.05, 3.63) is 35.9 Å². The Morgan fingerprint density at radius 3 is 1.60 bits per heavy atom. The van der Waals surface area contributed by atoms with Gasteiger partial charge in [-0.15, -0.1) is 0 Å². The van der Waals surface area contributed by atoms with Gasteiger partial charge >= 0.3 is 40.0 Å². The first-order valence-electron chi connectivity index (χ1n) is 4.05. The van der Waals surface area contributed by atoms with Gasteiger partial charge in [-0.3, -0.25) is 9.11 Å². The first-order valence-corrected chi connectivity index (χ1v) is 5.45. The van der Waals surface area contributed by atoms with E-state index >= 15 is 0 Å². The van der Waals surface area contributed by atoms with Gasteiger partial charge in [0.15, 0.2) is 0 Å². The second-order valence-electron chi connectivity index (χ2n) is 3.01. The second-order valence-corrected chi connectivity index (χ2v) is 3.91. The van der Waals surface area contributed by atoms with Crippen molar-refractivity contribution >= 4 is 40.0 Å². The van der Waals surface area contributed by atoms with Gasteiger partial charge in [0.2, 0.25) is 0 Å². The molecule has 0 heterocycles. The molecule has 0 aliphatic carbocycles. The molecule has 82 valence electrons. The molecular formula is C9H15NaO4S. The molecule has 0 atom stereocenters. The fourth-order valence-corrected chi connectivity index (χ4v) is 0.838. The molecule has 0 spiro atoms. The maximum absolute atomic E-state index is 8.74. The Balaban J connectivity index is 0. The summed E-state index contributed by atoms with van der Waals surface area (Å²) in [5, 5.41) is 0. The van der Waals surface area contributed by atoms with Crippen LogP contribution in [0.2, 0.25) is 0 Å². The predicted molar refractivity (Wildman–Crippen MR) is 61.9 cm³/mol. The summed E-state index contributed by atoms with van der Waals surface area (Å²) < 4.78 is 31.6. The van der Waals surface area contributed by atoms with E-state index < -0.39 is 10.4 Å². The molecule has 0 aliphatic heterocycles. The molecule has 6 heteroatoms. The van der Waals surface area contributed by atoms with E-state index in [-0.39, 0.29) is 29.6 Å². The standard InChI is InChI=1S/C9H12.Na.H2O4S.H/c1-8(2)9-6-4-3-5-7-9;;1-5(2,3)4;/h3-8H,1-2H3;;(H2,1,2,3,4);. The van der Waals surface area contributed by atoms with Crippen molar-refractivity contribution in [2.24, 2.45) is 0 Å². The van der Waals surface area contributed by atoms with Gasteiger partial charge in [-0.25, -0.2) is 0 Å². The van der Waals surface area contributed by atoms with Gasteiger partial charge in [0, 0.05) is 0 Å². The molecule has 15 heavy (non-hydrogen) atoms. The third kappa shape index (κ3) is 14.1. The number of rotatable bonds is 1. The predicted octanol–water partition coefficient (Wildman–Crippen LogP) is 1.51. The van der Waals surface area contributed by atoms with Gasteiger partial charge in [-0.2, -0.15) is 8.42 Å². The van der Waals surface area contributed by atoms with Crippen LogP contribution in [0.5, 0.6) is 0 Å². The van der Waals surface area contributed by atoms with E-state index in [0.29, 0.717) is 5.92 Å². The molecule has 4 nitrogen and oxygen atoms in total. The summed E-state index contributed by atoms with van der Waals surface area (Å²) in [6, 6.07) is 10.5. The van der Waals surface area contributed by atoms with Gasteiger partial charge in [0.25, 0.3) is 0 Å². The molecule has 0 unspecified atom stereocenters. The Morgan fingerprint density at radius 1 is 1.07 bits per heavy atom. The Hall–Kier alpha value is 0.0900. The molecule has 0 fully saturated rings. The SMILES string of the molecule is CC(C)c1ccccc1.O=S(=O)(O)O.[NaH]. The average molecular weight is 242 g/mol. The Kier molecular flexibility index (Phi) is 9.63. The monoisotopic (exact) mass is 242 g/mol. The zero-order valence-corrected chi connectivity index (χ0v) is 8.90. The summed E-state index contributed by atoms with van der Waals surface area (Å²) in [5.74, 6) is 0.659. The van der Waals surface area contributed by atoms with Crippen LogP contribution in [-0.4, -0.2) is 47.1 Å². The van der Waals surface area contributed by atoms with E-state index in [1.807, 2.05) is 6.07 Å². The molecule has 0 aromatic heterocycles. The zero-order valence-electron chi connectivity index (χ0n) is 8.08. The van der Waals surface area contributed by atoms with Crippen molar-refractivity contribution in [2.75, 3.05) is 0 Å². The van der Waals surface area contributed by atoms with Gasteiger partial charge in [-0.05, 0) is 11.5 Å². The van der Waals surface area contributed by atoms with Crippen LogP contribution in [0.25, 0.3) is 0 Å². The van der Waals surface area contributed by atoms with E-state index in [1.54, 1.807) is 0 Å². The van der Waals surface area contributed by atoms with Gasteiger partial charge < -0.3 is 0 Å². The van der Waals surface area contributed by atoms with Gasteiger partial charge in [-0.1, -0.05) is 44.2 Å². The molecular weight excluding hydrogens is 227 g/mol. The summed E-state index contributed by atoms with van der Waals surface area (Å²) in [4.78, 5) is 0. The normalized spacial score (nSPS) is 9.93. The first kappa shape index (κ1) is 17.5. The van der Waals surface area contributed by atoms with E-state index in [4.69, 9.17) is 17.5 Å². The molecule has 0 aliphatic rings. The van der Waals surface area contributed by atoms with Crippen molar-refractivity contribution in [3.8, 4) is 0 Å². The minimum atomic E-state index is -4.67.